The van der Waals surface area contributed by atoms with Gasteiger partial charge in [-0.3, -0.25) is 0 Å². The lowest BCUT2D eigenvalue weighted by molar-refractivity contribution is -0.665. The minimum atomic E-state index is 0.638. The van der Waals surface area contributed by atoms with Gasteiger partial charge in [-0.25, -0.2) is 9.13 Å². The number of imidazole rings is 1. The molecular weight excluding hydrogens is 256 g/mol. The summed E-state index contributed by atoms with van der Waals surface area (Å²) in [6.07, 6.45) is 2.35. The molecule has 0 N–H and O–H groups in total. The average Bonchev–Trinajstić information content (AvgIpc) is 2.72. The first-order valence-electron chi connectivity index (χ1n) is 8.17. The van der Waals surface area contributed by atoms with Crippen LogP contribution < -0.4 is 4.57 Å². The van der Waals surface area contributed by atoms with E-state index in [0.29, 0.717) is 5.92 Å². The molecule has 0 aliphatic heterocycles. The van der Waals surface area contributed by atoms with Crippen LogP contribution in [0.2, 0.25) is 0 Å². The standard InChI is InChI=1S/C19H29N2/c1-7-13-21-16(5)15(4)20(6)19(21)18-11-9-17(10-12-18)14(3)8-2/h9-12,14H,7-8,13H2,1-6H3/q+1. The molecule has 21 heavy (non-hydrogen) atoms. The lowest BCUT2D eigenvalue weighted by Crippen LogP contribution is -2.32. The second-order valence-corrected chi connectivity index (χ2v) is 6.14. The van der Waals surface area contributed by atoms with Crippen molar-refractivity contribution in [2.45, 2.75) is 59.9 Å². The van der Waals surface area contributed by atoms with Crippen molar-refractivity contribution < 1.29 is 4.57 Å². The molecule has 0 radical (unpaired) electrons. The molecule has 2 heteroatoms. The normalized spacial score (nSPS) is 12.7. The molecular formula is C19H29N2+. The molecule has 2 aromatic rings. The Morgan fingerprint density at radius 3 is 2.24 bits per heavy atom. The van der Waals surface area contributed by atoms with E-state index in [1.54, 1.807) is 0 Å². The Morgan fingerprint density at radius 2 is 1.71 bits per heavy atom. The molecule has 114 valence electrons. The van der Waals surface area contributed by atoms with Gasteiger partial charge in [-0.15, -0.1) is 0 Å². The van der Waals surface area contributed by atoms with Crippen molar-refractivity contribution in [1.29, 1.82) is 0 Å². The maximum Gasteiger partial charge on any atom is 0.289 e. The molecule has 2 rings (SSSR count). The van der Waals surface area contributed by atoms with Crippen LogP contribution in [0.5, 0.6) is 0 Å². The molecule has 0 fully saturated rings. The quantitative estimate of drug-likeness (QED) is 0.714. The van der Waals surface area contributed by atoms with Crippen molar-refractivity contribution in [3.63, 3.8) is 0 Å². The molecule has 0 aliphatic carbocycles. The molecule has 1 atom stereocenters. The number of aromatic nitrogens is 2. The van der Waals surface area contributed by atoms with E-state index in [1.807, 2.05) is 0 Å². The predicted molar refractivity (Wildman–Crippen MR) is 89.5 cm³/mol. The summed E-state index contributed by atoms with van der Waals surface area (Å²) < 4.78 is 4.77. The zero-order valence-electron chi connectivity index (χ0n) is 14.4. The van der Waals surface area contributed by atoms with E-state index in [4.69, 9.17) is 0 Å². The van der Waals surface area contributed by atoms with Crippen molar-refractivity contribution >= 4 is 0 Å². The van der Waals surface area contributed by atoms with Crippen molar-refractivity contribution in [1.82, 2.24) is 4.57 Å². The molecule has 0 aliphatic rings. The zero-order valence-corrected chi connectivity index (χ0v) is 14.4. The van der Waals surface area contributed by atoms with Crippen LogP contribution in [-0.2, 0) is 13.6 Å². The zero-order chi connectivity index (χ0) is 15.6. The van der Waals surface area contributed by atoms with Gasteiger partial charge in [-0.05, 0) is 36.5 Å². The summed E-state index contributed by atoms with van der Waals surface area (Å²) in [5.74, 6) is 1.96. The first-order chi connectivity index (χ1) is 10.0. The van der Waals surface area contributed by atoms with Gasteiger partial charge < -0.3 is 0 Å². The van der Waals surface area contributed by atoms with Crippen LogP contribution in [0, 0.1) is 13.8 Å². The Morgan fingerprint density at radius 1 is 1.10 bits per heavy atom. The van der Waals surface area contributed by atoms with Crippen LogP contribution in [0.1, 0.15) is 56.5 Å². The van der Waals surface area contributed by atoms with Crippen molar-refractivity contribution in [2.24, 2.45) is 7.05 Å². The molecule has 0 amide bonds. The summed E-state index contributed by atoms with van der Waals surface area (Å²) in [5.41, 5.74) is 5.48. The second-order valence-electron chi connectivity index (χ2n) is 6.14. The molecule has 1 aromatic heterocycles. The van der Waals surface area contributed by atoms with Gasteiger partial charge in [0, 0.05) is 13.8 Å². The van der Waals surface area contributed by atoms with E-state index in [-0.39, 0.29) is 0 Å². The Kier molecular flexibility index (Phi) is 4.87. The van der Waals surface area contributed by atoms with Crippen LogP contribution in [0.3, 0.4) is 0 Å². The van der Waals surface area contributed by atoms with Crippen LogP contribution in [0.15, 0.2) is 24.3 Å². The Balaban J connectivity index is 2.49. The fourth-order valence-electron chi connectivity index (χ4n) is 2.98. The average molecular weight is 285 g/mol. The maximum absolute atomic E-state index is 2.45. The van der Waals surface area contributed by atoms with E-state index in [9.17, 15) is 0 Å². The first-order valence-corrected chi connectivity index (χ1v) is 8.17. The van der Waals surface area contributed by atoms with Crippen LogP contribution >= 0.6 is 0 Å². The molecule has 0 saturated heterocycles. The van der Waals surface area contributed by atoms with Crippen molar-refractivity contribution in [3.8, 4) is 11.4 Å². The highest BCUT2D eigenvalue weighted by Gasteiger charge is 2.24. The number of benzene rings is 1. The fourth-order valence-corrected chi connectivity index (χ4v) is 2.98. The summed E-state index contributed by atoms with van der Waals surface area (Å²) in [4.78, 5) is 0. The van der Waals surface area contributed by atoms with Crippen molar-refractivity contribution in [3.05, 3.63) is 41.2 Å². The van der Waals surface area contributed by atoms with Crippen molar-refractivity contribution in [2.75, 3.05) is 0 Å². The van der Waals surface area contributed by atoms with Gasteiger partial charge in [-0.2, -0.15) is 0 Å². The van der Waals surface area contributed by atoms with Gasteiger partial charge in [0.2, 0.25) is 0 Å². The summed E-state index contributed by atoms with van der Waals surface area (Å²) in [6.45, 7) is 12.3. The number of hydrogen-bond donors (Lipinski definition) is 0. The van der Waals surface area contributed by atoms with Crippen LogP contribution in [-0.4, -0.2) is 4.57 Å². The third kappa shape index (κ3) is 2.90. The Hall–Kier alpha value is -1.57. The maximum atomic E-state index is 2.45. The predicted octanol–water partition coefficient (Wildman–Crippen LogP) is 4.52. The minimum absolute atomic E-state index is 0.638. The Labute approximate surface area is 129 Å². The van der Waals surface area contributed by atoms with E-state index in [2.05, 4.69) is 75.1 Å². The summed E-state index contributed by atoms with van der Waals surface area (Å²) in [5, 5.41) is 0. The van der Waals surface area contributed by atoms with Crippen LogP contribution in [0.25, 0.3) is 11.4 Å². The largest absolute Gasteiger partial charge is 0.289 e. The molecule has 0 spiro atoms. The van der Waals surface area contributed by atoms with Gasteiger partial charge in [0.25, 0.3) is 5.82 Å². The molecule has 1 unspecified atom stereocenters. The smallest absolute Gasteiger partial charge is 0.230 e. The molecule has 1 heterocycles. The number of rotatable bonds is 5. The van der Waals surface area contributed by atoms with Gasteiger partial charge in [0.05, 0.1) is 19.2 Å². The van der Waals surface area contributed by atoms with Crippen LogP contribution in [0.4, 0.5) is 0 Å². The molecule has 2 nitrogen and oxygen atoms in total. The summed E-state index contributed by atoms with van der Waals surface area (Å²) >= 11 is 0. The summed E-state index contributed by atoms with van der Waals surface area (Å²) in [7, 11) is 2.17. The van der Waals surface area contributed by atoms with Gasteiger partial charge in [0.1, 0.15) is 11.4 Å². The topological polar surface area (TPSA) is 8.81 Å². The lowest BCUT2D eigenvalue weighted by atomic mass is 9.97. The molecule has 0 bridgehead atoms. The van der Waals surface area contributed by atoms with E-state index < -0.39 is 0 Å². The summed E-state index contributed by atoms with van der Waals surface area (Å²) in [6, 6.07) is 9.14. The molecule has 1 aromatic carbocycles. The highest BCUT2D eigenvalue weighted by molar-refractivity contribution is 5.54. The second kappa shape index (κ2) is 6.46. The molecule has 0 saturated carbocycles. The number of hydrogen-bond acceptors (Lipinski definition) is 0. The number of nitrogens with zero attached hydrogens (tertiary/aromatic N) is 2. The Bertz CT molecular complexity index is 605. The highest BCUT2D eigenvalue weighted by atomic mass is 15.2. The van der Waals surface area contributed by atoms with E-state index in [0.717, 1.165) is 13.0 Å². The third-order valence-electron chi connectivity index (χ3n) is 4.80. The van der Waals surface area contributed by atoms with E-state index in [1.165, 1.54) is 34.8 Å². The lowest BCUT2D eigenvalue weighted by Gasteiger charge is -2.09. The minimum Gasteiger partial charge on any atom is -0.230 e. The fraction of sp³-hybridized carbons (Fsp3) is 0.526. The SMILES string of the molecule is CCCn1c(C)c(C)[n+](C)c1-c1ccc(C(C)CC)cc1. The van der Waals surface area contributed by atoms with Gasteiger partial charge in [0.15, 0.2) is 0 Å². The third-order valence-corrected chi connectivity index (χ3v) is 4.80. The van der Waals surface area contributed by atoms with Gasteiger partial charge in [-0.1, -0.05) is 32.9 Å². The highest BCUT2D eigenvalue weighted by Crippen LogP contribution is 2.24. The van der Waals surface area contributed by atoms with Gasteiger partial charge >= 0.3 is 0 Å². The van der Waals surface area contributed by atoms with E-state index >= 15 is 0 Å². The monoisotopic (exact) mass is 285 g/mol. The first kappa shape index (κ1) is 15.8.